The molecule has 1 heterocycles. The summed E-state index contributed by atoms with van der Waals surface area (Å²) >= 11 is 0. The van der Waals surface area contributed by atoms with Gasteiger partial charge in [-0.25, -0.2) is 0 Å². The van der Waals surface area contributed by atoms with Crippen molar-refractivity contribution in [2.45, 2.75) is 30.3 Å². The van der Waals surface area contributed by atoms with Crippen LogP contribution in [0.25, 0.3) is 0 Å². The molecular weight excluding hydrogens is 456 g/mol. The van der Waals surface area contributed by atoms with Gasteiger partial charge in [0.05, 0.1) is 5.41 Å². The van der Waals surface area contributed by atoms with Gasteiger partial charge in [-0.15, -0.1) is 0 Å². The molecule has 0 bridgehead atoms. The molecule has 2 aromatic carbocycles. The third-order valence-corrected chi connectivity index (χ3v) is 7.62. The Hall–Kier alpha value is -4.52. The number of ether oxygens (including phenoxy) is 1. The van der Waals surface area contributed by atoms with E-state index in [0.717, 1.165) is 33.4 Å². The summed E-state index contributed by atoms with van der Waals surface area (Å²) in [5, 5.41) is 23.9. The van der Waals surface area contributed by atoms with Gasteiger partial charge in [0.2, 0.25) is 0 Å². The van der Waals surface area contributed by atoms with Crippen LogP contribution in [-0.2, 0) is 5.41 Å². The molecule has 7 heteroatoms. The summed E-state index contributed by atoms with van der Waals surface area (Å²) in [4.78, 5) is 23.3. The molecule has 6 rings (SSSR count). The van der Waals surface area contributed by atoms with Crippen LogP contribution in [-0.4, -0.2) is 20.9 Å². The number of benzene rings is 2. The van der Waals surface area contributed by atoms with Crippen LogP contribution < -0.4 is 4.74 Å². The van der Waals surface area contributed by atoms with Gasteiger partial charge < -0.3 is 4.74 Å². The number of fused-ring (bicyclic) bond motifs is 7. The number of rotatable bonds is 2. The maximum Gasteiger partial charge on any atom is 0.256 e. The number of nitro groups is 2. The summed E-state index contributed by atoms with van der Waals surface area (Å²) in [6.07, 6.45) is 13.7. The largest absolute Gasteiger partial charge is 0.457 e. The second-order valence-corrected chi connectivity index (χ2v) is 9.80. The van der Waals surface area contributed by atoms with E-state index in [2.05, 4.69) is 0 Å². The van der Waals surface area contributed by atoms with E-state index in [9.17, 15) is 20.2 Å². The van der Waals surface area contributed by atoms with E-state index in [-0.39, 0.29) is 9.85 Å². The first-order valence-corrected chi connectivity index (χ1v) is 11.6. The fourth-order valence-corrected chi connectivity index (χ4v) is 5.57. The van der Waals surface area contributed by atoms with Gasteiger partial charge >= 0.3 is 0 Å². The molecule has 36 heavy (non-hydrogen) atoms. The Labute approximate surface area is 207 Å². The van der Waals surface area contributed by atoms with Gasteiger partial charge in [-0.1, -0.05) is 60.7 Å². The second-order valence-electron chi connectivity index (χ2n) is 9.80. The average molecular weight is 479 g/mol. The first-order valence-electron chi connectivity index (χ1n) is 11.6. The lowest BCUT2D eigenvalue weighted by molar-refractivity contribution is -0.535. The van der Waals surface area contributed by atoms with Crippen molar-refractivity contribution in [2.24, 2.45) is 0 Å². The highest BCUT2D eigenvalue weighted by Gasteiger charge is 2.53. The van der Waals surface area contributed by atoms with Gasteiger partial charge in [-0.3, -0.25) is 20.2 Å². The Bertz CT molecular complexity index is 1440. The molecule has 0 radical (unpaired) electrons. The monoisotopic (exact) mass is 478 g/mol. The zero-order chi connectivity index (χ0) is 25.3. The first kappa shape index (κ1) is 22.0. The van der Waals surface area contributed by atoms with E-state index in [1.54, 1.807) is 50.3 Å². The van der Waals surface area contributed by atoms with E-state index in [1.165, 1.54) is 0 Å². The van der Waals surface area contributed by atoms with Gasteiger partial charge in [-0.2, -0.15) is 0 Å². The van der Waals surface area contributed by atoms with Crippen LogP contribution in [0.4, 0.5) is 0 Å². The minimum atomic E-state index is -1.39. The van der Waals surface area contributed by atoms with Crippen molar-refractivity contribution in [1.82, 2.24) is 0 Å². The number of hydrogen-bond donors (Lipinski definition) is 0. The Morgan fingerprint density at radius 3 is 1.44 bits per heavy atom. The second kappa shape index (κ2) is 7.24. The third-order valence-electron chi connectivity index (χ3n) is 7.62. The molecule has 0 amide bonds. The molecule has 7 nitrogen and oxygen atoms in total. The molecule has 178 valence electrons. The van der Waals surface area contributed by atoms with Crippen molar-refractivity contribution >= 4 is 0 Å². The molecule has 4 aliphatic rings. The van der Waals surface area contributed by atoms with Crippen LogP contribution in [0.15, 0.2) is 119 Å². The summed E-state index contributed by atoms with van der Waals surface area (Å²) in [6, 6.07) is 15.5. The zero-order valence-corrected chi connectivity index (χ0v) is 19.7. The fourth-order valence-electron chi connectivity index (χ4n) is 5.57. The van der Waals surface area contributed by atoms with Crippen LogP contribution >= 0.6 is 0 Å². The molecule has 0 aromatic heterocycles. The van der Waals surface area contributed by atoms with Gasteiger partial charge in [0.25, 0.3) is 11.1 Å². The molecule has 0 fully saturated rings. The van der Waals surface area contributed by atoms with Crippen LogP contribution in [0, 0.1) is 20.2 Å². The summed E-state index contributed by atoms with van der Waals surface area (Å²) in [5.41, 5.74) is 1.44. The fraction of sp³-hybridized carbons (Fsp3) is 0.172. The van der Waals surface area contributed by atoms with Crippen molar-refractivity contribution < 1.29 is 14.6 Å². The molecule has 0 N–H and O–H groups in total. The Morgan fingerprint density at radius 1 is 0.639 bits per heavy atom. The lowest BCUT2D eigenvalue weighted by Gasteiger charge is -2.40. The third kappa shape index (κ3) is 2.74. The minimum absolute atomic E-state index is 0.317. The smallest absolute Gasteiger partial charge is 0.256 e. The van der Waals surface area contributed by atoms with Gasteiger partial charge in [0.15, 0.2) is 0 Å². The van der Waals surface area contributed by atoms with Gasteiger partial charge in [0, 0.05) is 34.8 Å². The van der Waals surface area contributed by atoms with Crippen molar-refractivity contribution in [3.8, 4) is 11.5 Å². The Kier molecular flexibility index (Phi) is 4.42. The highest BCUT2D eigenvalue weighted by molar-refractivity contribution is 5.81. The van der Waals surface area contributed by atoms with E-state index in [0.29, 0.717) is 11.5 Å². The lowest BCUT2D eigenvalue weighted by Crippen LogP contribution is -2.34. The van der Waals surface area contributed by atoms with Crippen molar-refractivity contribution in [3.05, 3.63) is 151 Å². The number of hydrogen-bond acceptors (Lipinski definition) is 5. The molecule has 3 aliphatic carbocycles. The van der Waals surface area contributed by atoms with Crippen LogP contribution in [0.1, 0.15) is 25.0 Å². The quantitative estimate of drug-likeness (QED) is 0.389. The molecule has 1 unspecified atom stereocenters. The first-order chi connectivity index (χ1) is 17.2. The van der Waals surface area contributed by atoms with E-state index in [1.807, 2.05) is 60.7 Å². The van der Waals surface area contributed by atoms with E-state index < -0.39 is 16.5 Å². The molecule has 1 aliphatic heterocycles. The zero-order valence-electron chi connectivity index (χ0n) is 19.7. The van der Waals surface area contributed by atoms with Gasteiger partial charge in [-0.05, 0) is 58.7 Å². The van der Waals surface area contributed by atoms with E-state index >= 15 is 0 Å². The summed E-state index contributed by atoms with van der Waals surface area (Å²) in [7, 11) is 0. The topological polar surface area (TPSA) is 95.5 Å². The number of para-hydroxylation sites is 2. The van der Waals surface area contributed by atoms with Crippen LogP contribution in [0.3, 0.4) is 0 Å². The summed E-state index contributed by atoms with van der Waals surface area (Å²) in [5.74, 6) is 1.35. The lowest BCUT2D eigenvalue weighted by atomic mass is 9.64. The molecule has 2 aromatic rings. The molecule has 2 atom stereocenters. The van der Waals surface area contributed by atoms with Crippen molar-refractivity contribution in [2.75, 3.05) is 0 Å². The Morgan fingerprint density at radius 2 is 1.03 bits per heavy atom. The molecule has 0 saturated heterocycles. The predicted octanol–water partition coefficient (Wildman–Crippen LogP) is 6.01. The average Bonchev–Trinajstić information content (AvgIpc) is 2.98. The van der Waals surface area contributed by atoms with Gasteiger partial charge in [0.1, 0.15) is 11.5 Å². The highest BCUT2D eigenvalue weighted by atomic mass is 16.6. The van der Waals surface area contributed by atoms with Crippen molar-refractivity contribution in [3.63, 3.8) is 0 Å². The SMILES string of the molecule is CC1([N+](=O)[O-])C=CC2=C(C=C1)C1(C3=C2C=C[C@@](C)([N+](=O)[O-])C=C3)c2ccccc2Oc2ccccc21. The predicted molar refractivity (Wildman–Crippen MR) is 135 cm³/mol. The normalized spacial score (nSPS) is 26.5. The summed E-state index contributed by atoms with van der Waals surface area (Å²) in [6.45, 7) is 3.12. The number of nitrogens with zero attached hydrogens (tertiary/aromatic N) is 2. The summed E-state index contributed by atoms with van der Waals surface area (Å²) < 4.78 is 6.30. The van der Waals surface area contributed by atoms with Crippen LogP contribution in [0.2, 0.25) is 0 Å². The molecular formula is C29H22N2O5. The molecule has 0 saturated carbocycles. The maximum absolute atomic E-state index is 12.0. The standard InChI is InChI=1S/C29H22N2O5/c1-27(30(32)33)15-11-19-20-12-16-28(2,31(34)35)18-14-22(20)29(21(19)13-17-27)23-7-3-5-9-25(23)36-26-10-6-4-8-24(26)29/h3-18H,1-2H3/t27-,28?/m1/s1. The number of allylic oxidation sites excluding steroid dienone is 8. The minimum Gasteiger partial charge on any atom is -0.457 e. The van der Waals surface area contributed by atoms with Crippen LogP contribution in [0.5, 0.6) is 11.5 Å². The van der Waals surface area contributed by atoms with E-state index in [4.69, 9.17) is 4.74 Å². The Balaban J connectivity index is 1.75. The maximum atomic E-state index is 12.0. The highest BCUT2D eigenvalue weighted by Crippen LogP contribution is 2.62. The van der Waals surface area contributed by atoms with Crippen molar-refractivity contribution in [1.29, 1.82) is 0 Å². The molecule has 1 spiro atoms.